The Labute approximate surface area is 173 Å². The first kappa shape index (κ1) is 21.0. The van der Waals surface area contributed by atoms with Crippen molar-refractivity contribution in [2.45, 2.75) is 32.2 Å². The van der Waals surface area contributed by atoms with Crippen LogP contribution in [0.25, 0.3) is 0 Å². The maximum atomic E-state index is 13.0. The summed E-state index contributed by atoms with van der Waals surface area (Å²) in [6.07, 6.45) is 0. The highest BCUT2D eigenvalue weighted by molar-refractivity contribution is 9.10. The third kappa shape index (κ3) is 4.29. The number of ether oxygens (including phenoxy) is 1. The number of sulfonamides is 1. The van der Waals surface area contributed by atoms with Crippen LogP contribution in [0.3, 0.4) is 0 Å². The number of anilines is 1. The summed E-state index contributed by atoms with van der Waals surface area (Å²) in [5, 5.41) is 7.15. The number of carbonyl (C=O) groups is 1. The molecule has 0 unspecified atom stereocenters. The van der Waals surface area contributed by atoms with Crippen molar-refractivity contribution in [1.29, 1.82) is 0 Å². The van der Waals surface area contributed by atoms with Crippen LogP contribution in [0.1, 0.15) is 17.0 Å². The highest BCUT2D eigenvalue weighted by atomic mass is 79.9. The molecule has 1 aliphatic heterocycles. The van der Waals surface area contributed by atoms with Gasteiger partial charge in [0, 0.05) is 23.2 Å². The fourth-order valence-corrected chi connectivity index (χ4v) is 5.47. The smallest absolute Gasteiger partial charge is 0.246 e. The molecule has 1 aromatic carbocycles. The second-order valence-corrected chi connectivity index (χ2v) is 9.47. The maximum absolute atomic E-state index is 13.0. The minimum absolute atomic E-state index is 0.0686. The van der Waals surface area contributed by atoms with Crippen LogP contribution >= 0.6 is 15.9 Å². The van der Waals surface area contributed by atoms with Crippen molar-refractivity contribution < 1.29 is 17.9 Å². The molecule has 8 nitrogen and oxygen atoms in total. The number of hydrogen-bond donors (Lipinski definition) is 1. The number of morpholine rings is 1. The van der Waals surface area contributed by atoms with Gasteiger partial charge in [0.1, 0.15) is 11.4 Å². The molecule has 0 atom stereocenters. The van der Waals surface area contributed by atoms with E-state index in [1.807, 2.05) is 25.1 Å². The molecule has 1 aliphatic rings. The van der Waals surface area contributed by atoms with Gasteiger partial charge in [0.2, 0.25) is 15.9 Å². The molecule has 0 saturated carbocycles. The highest BCUT2D eigenvalue weighted by Crippen LogP contribution is 2.25. The minimum atomic E-state index is -3.68. The SMILES string of the molecule is Cc1cc(Br)ccc1NC(=O)Cn1nc(C)c(S(=O)(=O)N2CCOCC2)c1C. The Morgan fingerprint density at radius 3 is 2.57 bits per heavy atom. The molecule has 0 radical (unpaired) electrons. The van der Waals surface area contributed by atoms with Crippen molar-refractivity contribution in [3.63, 3.8) is 0 Å². The van der Waals surface area contributed by atoms with Crippen molar-refractivity contribution in [2.24, 2.45) is 0 Å². The average Bonchev–Trinajstić information content (AvgIpc) is 2.92. The largest absolute Gasteiger partial charge is 0.379 e. The molecule has 28 heavy (non-hydrogen) atoms. The second-order valence-electron chi connectivity index (χ2n) is 6.68. The summed E-state index contributed by atoms with van der Waals surface area (Å²) < 4.78 is 35.0. The zero-order valence-corrected chi connectivity index (χ0v) is 18.4. The molecule has 1 saturated heterocycles. The molecule has 1 aromatic heterocycles. The third-order valence-corrected chi connectivity index (χ3v) is 7.28. The monoisotopic (exact) mass is 470 g/mol. The molecule has 0 aliphatic carbocycles. The van der Waals surface area contributed by atoms with Crippen LogP contribution < -0.4 is 5.32 Å². The summed E-state index contributed by atoms with van der Waals surface area (Å²) in [5.41, 5.74) is 2.46. The minimum Gasteiger partial charge on any atom is -0.379 e. The fourth-order valence-electron chi connectivity index (χ4n) is 3.22. The molecule has 10 heteroatoms. The molecular formula is C18H23BrN4O4S. The normalized spacial score (nSPS) is 15.6. The van der Waals surface area contributed by atoms with E-state index in [4.69, 9.17) is 4.74 Å². The van der Waals surface area contributed by atoms with Gasteiger partial charge in [-0.2, -0.15) is 9.40 Å². The lowest BCUT2D eigenvalue weighted by molar-refractivity contribution is -0.116. The van der Waals surface area contributed by atoms with Crippen LogP contribution in [-0.4, -0.2) is 54.7 Å². The molecule has 2 heterocycles. The lowest BCUT2D eigenvalue weighted by atomic mass is 10.2. The fraction of sp³-hybridized carbons (Fsp3) is 0.444. The zero-order valence-electron chi connectivity index (χ0n) is 16.0. The second kappa shape index (κ2) is 8.32. The lowest BCUT2D eigenvalue weighted by Gasteiger charge is -2.26. The quantitative estimate of drug-likeness (QED) is 0.722. The van der Waals surface area contributed by atoms with E-state index >= 15 is 0 Å². The van der Waals surface area contributed by atoms with Crippen LogP contribution in [0.15, 0.2) is 27.6 Å². The first-order chi connectivity index (χ1) is 13.2. The Morgan fingerprint density at radius 1 is 1.25 bits per heavy atom. The van der Waals surface area contributed by atoms with E-state index in [0.717, 1.165) is 10.0 Å². The van der Waals surface area contributed by atoms with Crippen LogP contribution in [0.4, 0.5) is 5.69 Å². The van der Waals surface area contributed by atoms with Crippen molar-refractivity contribution in [3.05, 3.63) is 39.6 Å². The summed E-state index contributed by atoms with van der Waals surface area (Å²) in [5.74, 6) is -0.272. The molecule has 1 N–H and O–H groups in total. The third-order valence-electron chi connectivity index (χ3n) is 4.64. The van der Waals surface area contributed by atoms with Gasteiger partial charge in [0.05, 0.1) is 24.6 Å². The predicted molar refractivity (Wildman–Crippen MR) is 109 cm³/mol. The van der Waals surface area contributed by atoms with E-state index in [2.05, 4.69) is 26.3 Å². The van der Waals surface area contributed by atoms with Crippen LogP contribution in [0, 0.1) is 20.8 Å². The molecule has 1 fully saturated rings. The number of aromatic nitrogens is 2. The number of benzene rings is 1. The van der Waals surface area contributed by atoms with Crippen molar-refractivity contribution in [2.75, 3.05) is 31.6 Å². The number of rotatable bonds is 5. The Hall–Kier alpha value is -1.75. The maximum Gasteiger partial charge on any atom is 0.246 e. The summed E-state index contributed by atoms with van der Waals surface area (Å²) in [6.45, 7) is 6.53. The topological polar surface area (TPSA) is 93.5 Å². The molecule has 152 valence electrons. The standard InChI is InChI=1S/C18H23BrN4O4S/c1-12-10-15(19)4-5-16(12)20-17(24)11-23-14(3)18(13(2)21-23)28(25,26)22-6-8-27-9-7-22/h4-5,10H,6-9,11H2,1-3H3,(H,20,24). The summed E-state index contributed by atoms with van der Waals surface area (Å²) in [4.78, 5) is 12.7. The van der Waals surface area contributed by atoms with Crippen molar-refractivity contribution in [1.82, 2.24) is 14.1 Å². The molecule has 2 aromatic rings. The summed E-state index contributed by atoms with van der Waals surface area (Å²) in [6, 6.07) is 5.57. The lowest BCUT2D eigenvalue weighted by Crippen LogP contribution is -2.41. The molecule has 1 amide bonds. The van der Waals surface area contributed by atoms with Gasteiger partial charge in [-0.1, -0.05) is 15.9 Å². The number of carbonyl (C=O) groups excluding carboxylic acids is 1. The van der Waals surface area contributed by atoms with E-state index in [9.17, 15) is 13.2 Å². The predicted octanol–water partition coefficient (Wildman–Crippen LogP) is 2.23. The van der Waals surface area contributed by atoms with Gasteiger partial charge in [0.15, 0.2) is 0 Å². The van der Waals surface area contributed by atoms with E-state index < -0.39 is 10.0 Å². The van der Waals surface area contributed by atoms with Crippen molar-refractivity contribution in [3.8, 4) is 0 Å². The van der Waals surface area contributed by atoms with E-state index in [0.29, 0.717) is 43.4 Å². The molecule has 0 spiro atoms. The van der Waals surface area contributed by atoms with Crippen LogP contribution in [0.2, 0.25) is 0 Å². The Bertz CT molecular complexity index is 997. The Morgan fingerprint density at radius 2 is 1.93 bits per heavy atom. The number of aryl methyl sites for hydroxylation is 2. The zero-order chi connectivity index (χ0) is 20.5. The summed E-state index contributed by atoms with van der Waals surface area (Å²) in [7, 11) is -3.68. The summed E-state index contributed by atoms with van der Waals surface area (Å²) >= 11 is 3.39. The van der Waals surface area contributed by atoms with Gasteiger partial charge >= 0.3 is 0 Å². The van der Waals surface area contributed by atoms with Gasteiger partial charge in [-0.15, -0.1) is 0 Å². The molecular weight excluding hydrogens is 448 g/mol. The molecule has 0 bridgehead atoms. The first-order valence-corrected chi connectivity index (χ1v) is 11.1. The first-order valence-electron chi connectivity index (χ1n) is 8.88. The van der Waals surface area contributed by atoms with Gasteiger partial charge in [-0.05, 0) is 44.5 Å². The van der Waals surface area contributed by atoms with E-state index in [-0.39, 0.29) is 17.3 Å². The van der Waals surface area contributed by atoms with Crippen LogP contribution in [0.5, 0.6) is 0 Å². The number of amides is 1. The van der Waals surface area contributed by atoms with Gasteiger partial charge in [-0.25, -0.2) is 8.42 Å². The number of nitrogens with one attached hydrogen (secondary N) is 1. The van der Waals surface area contributed by atoms with Gasteiger partial charge in [0.25, 0.3) is 0 Å². The van der Waals surface area contributed by atoms with Crippen molar-refractivity contribution >= 4 is 37.5 Å². The van der Waals surface area contributed by atoms with E-state index in [1.165, 1.54) is 8.99 Å². The van der Waals surface area contributed by atoms with E-state index in [1.54, 1.807) is 13.8 Å². The molecule has 3 rings (SSSR count). The Kier molecular flexibility index (Phi) is 6.23. The van der Waals surface area contributed by atoms with Gasteiger partial charge in [-0.3, -0.25) is 9.48 Å². The highest BCUT2D eigenvalue weighted by Gasteiger charge is 2.32. The van der Waals surface area contributed by atoms with Gasteiger partial charge < -0.3 is 10.1 Å². The number of hydrogen-bond acceptors (Lipinski definition) is 5. The Balaban J connectivity index is 1.80. The number of halogens is 1. The number of nitrogens with zero attached hydrogens (tertiary/aromatic N) is 3. The average molecular weight is 471 g/mol. The van der Waals surface area contributed by atoms with Crippen LogP contribution in [-0.2, 0) is 26.1 Å².